The van der Waals surface area contributed by atoms with Gasteiger partial charge in [0.2, 0.25) is 0 Å². The first-order chi connectivity index (χ1) is 9.19. The zero-order chi connectivity index (χ0) is 13.8. The van der Waals surface area contributed by atoms with Gasteiger partial charge in [0.05, 0.1) is 18.7 Å². The molecular weight excluding hydrogens is 308 g/mol. The standard InChI is InChI=1S/C15H15BrO3/c1-18-12-9-8-11(13(16)15(12)19-2)14(17)10-6-4-3-5-7-10/h3-9,14,17H,1-2H3. The third-order valence-electron chi connectivity index (χ3n) is 2.92. The summed E-state index contributed by atoms with van der Waals surface area (Å²) in [7, 11) is 3.15. The minimum absolute atomic E-state index is 0.579. The van der Waals surface area contributed by atoms with E-state index in [9.17, 15) is 5.11 Å². The second-order valence-corrected chi connectivity index (χ2v) is 4.81. The van der Waals surface area contributed by atoms with Gasteiger partial charge in [-0.1, -0.05) is 36.4 Å². The summed E-state index contributed by atoms with van der Waals surface area (Å²) in [5.41, 5.74) is 1.57. The van der Waals surface area contributed by atoms with Crippen LogP contribution in [0.3, 0.4) is 0 Å². The van der Waals surface area contributed by atoms with Crippen LogP contribution in [0, 0.1) is 0 Å². The van der Waals surface area contributed by atoms with Gasteiger partial charge >= 0.3 is 0 Å². The lowest BCUT2D eigenvalue weighted by atomic mass is 10.0. The monoisotopic (exact) mass is 322 g/mol. The van der Waals surface area contributed by atoms with E-state index in [1.165, 1.54) is 0 Å². The van der Waals surface area contributed by atoms with Gasteiger partial charge in [0.25, 0.3) is 0 Å². The van der Waals surface area contributed by atoms with Crippen molar-refractivity contribution in [1.82, 2.24) is 0 Å². The number of hydrogen-bond acceptors (Lipinski definition) is 3. The van der Waals surface area contributed by atoms with Crippen molar-refractivity contribution in [2.45, 2.75) is 6.10 Å². The van der Waals surface area contributed by atoms with Crippen molar-refractivity contribution in [2.24, 2.45) is 0 Å². The molecule has 0 radical (unpaired) electrons. The van der Waals surface area contributed by atoms with Crippen LogP contribution in [0.5, 0.6) is 11.5 Å². The van der Waals surface area contributed by atoms with Gasteiger partial charge in [0.1, 0.15) is 6.10 Å². The maximum atomic E-state index is 10.4. The Morgan fingerprint density at radius 1 is 1.00 bits per heavy atom. The zero-order valence-electron chi connectivity index (χ0n) is 10.8. The topological polar surface area (TPSA) is 38.7 Å². The van der Waals surface area contributed by atoms with E-state index in [4.69, 9.17) is 9.47 Å². The molecule has 0 saturated carbocycles. The molecule has 2 aromatic carbocycles. The Morgan fingerprint density at radius 2 is 1.68 bits per heavy atom. The summed E-state index contributed by atoms with van der Waals surface area (Å²) in [6, 6.07) is 13.1. The average Bonchev–Trinajstić information content (AvgIpc) is 2.47. The fourth-order valence-corrected chi connectivity index (χ4v) is 2.64. The molecule has 0 spiro atoms. The SMILES string of the molecule is COc1ccc(C(O)c2ccccc2)c(Br)c1OC. The first-order valence-corrected chi connectivity index (χ1v) is 6.61. The highest BCUT2D eigenvalue weighted by Crippen LogP contribution is 2.41. The first-order valence-electron chi connectivity index (χ1n) is 5.82. The van der Waals surface area contributed by atoms with Crippen molar-refractivity contribution in [3.63, 3.8) is 0 Å². The largest absolute Gasteiger partial charge is 0.493 e. The van der Waals surface area contributed by atoms with Crippen LogP contribution in [-0.4, -0.2) is 19.3 Å². The van der Waals surface area contributed by atoms with E-state index in [2.05, 4.69) is 15.9 Å². The highest BCUT2D eigenvalue weighted by molar-refractivity contribution is 9.10. The number of rotatable bonds is 4. The number of aliphatic hydroxyl groups excluding tert-OH is 1. The van der Waals surface area contributed by atoms with Crippen LogP contribution in [-0.2, 0) is 0 Å². The second-order valence-electron chi connectivity index (χ2n) is 4.02. The molecule has 0 bridgehead atoms. The van der Waals surface area contributed by atoms with E-state index in [0.29, 0.717) is 16.0 Å². The van der Waals surface area contributed by atoms with Crippen LogP contribution >= 0.6 is 15.9 Å². The van der Waals surface area contributed by atoms with Gasteiger partial charge in [-0.2, -0.15) is 0 Å². The van der Waals surface area contributed by atoms with E-state index >= 15 is 0 Å². The fraction of sp³-hybridized carbons (Fsp3) is 0.200. The number of benzene rings is 2. The van der Waals surface area contributed by atoms with Crippen molar-refractivity contribution in [3.8, 4) is 11.5 Å². The molecule has 0 aliphatic rings. The maximum absolute atomic E-state index is 10.4. The van der Waals surface area contributed by atoms with Crippen molar-refractivity contribution >= 4 is 15.9 Å². The van der Waals surface area contributed by atoms with Gasteiger partial charge in [-0.05, 0) is 27.6 Å². The maximum Gasteiger partial charge on any atom is 0.175 e. The highest BCUT2D eigenvalue weighted by Gasteiger charge is 2.19. The summed E-state index contributed by atoms with van der Waals surface area (Å²) in [6.07, 6.45) is -0.713. The Labute approximate surface area is 120 Å². The molecule has 2 aromatic rings. The van der Waals surface area contributed by atoms with E-state index < -0.39 is 6.10 Å². The molecule has 0 aliphatic carbocycles. The number of ether oxygens (including phenoxy) is 2. The highest BCUT2D eigenvalue weighted by atomic mass is 79.9. The van der Waals surface area contributed by atoms with E-state index in [1.54, 1.807) is 20.3 Å². The van der Waals surface area contributed by atoms with Crippen molar-refractivity contribution < 1.29 is 14.6 Å². The summed E-state index contributed by atoms with van der Waals surface area (Å²) >= 11 is 3.47. The Kier molecular flexibility index (Phi) is 4.45. The van der Waals surface area contributed by atoms with Crippen LogP contribution in [0.15, 0.2) is 46.9 Å². The predicted octanol–water partition coefficient (Wildman–Crippen LogP) is 3.55. The molecule has 1 atom stereocenters. The van der Waals surface area contributed by atoms with Crippen molar-refractivity contribution in [1.29, 1.82) is 0 Å². The zero-order valence-corrected chi connectivity index (χ0v) is 12.3. The van der Waals surface area contributed by atoms with Gasteiger partial charge < -0.3 is 14.6 Å². The molecule has 0 aromatic heterocycles. The van der Waals surface area contributed by atoms with Gasteiger partial charge in [-0.3, -0.25) is 0 Å². The van der Waals surface area contributed by atoms with Gasteiger partial charge in [0.15, 0.2) is 11.5 Å². The molecule has 0 heterocycles. The Morgan fingerprint density at radius 3 is 2.26 bits per heavy atom. The molecule has 0 amide bonds. The van der Waals surface area contributed by atoms with Crippen molar-refractivity contribution in [2.75, 3.05) is 14.2 Å². The van der Waals surface area contributed by atoms with E-state index in [1.807, 2.05) is 36.4 Å². The first kappa shape index (κ1) is 13.9. The van der Waals surface area contributed by atoms with Gasteiger partial charge in [-0.25, -0.2) is 0 Å². The molecule has 1 N–H and O–H groups in total. The molecule has 19 heavy (non-hydrogen) atoms. The van der Waals surface area contributed by atoms with Crippen LogP contribution in [0.1, 0.15) is 17.2 Å². The van der Waals surface area contributed by atoms with E-state index in [0.717, 1.165) is 11.1 Å². The molecule has 2 rings (SSSR count). The number of hydrogen-bond donors (Lipinski definition) is 1. The third-order valence-corrected chi connectivity index (χ3v) is 3.74. The number of halogens is 1. The van der Waals surface area contributed by atoms with Gasteiger partial charge in [-0.15, -0.1) is 0 Å². The minimum atomic E-state index is -0.713. The third kappa shape index (κ3) is 2.74. The summed E-state index contributed by atoms with van der Waals surface area (Å²) in [5, 5.41) is 10.4. The lowest BCUT2D eigenvalue weighted by molar-refractivity contribution is 0.218. The summed E-state index contributed by atoms with van der Waals surface area (Å²) in [6.45, 7) is 0. The predicted molar refractivity (Wildman–Crippen MR) is 77.7 cm³/mol. The molecule has 1 unspecified atom stereocenters. The number of aliphatic hydroxyl groups is 1. The second kappa shape index (κ2) is 6.08. The smallest absolute Gasteiger partial charge is 0.175 e. The molecule has 0 saturated heterocycles. The minimum Gasteiger partial charge on any atom is -0.493 e. The van der Waals surface area contributed by atoms with Crippen LogP contribution in [0.2, 0.25) is 0 Å². The Bertz CT molecular complexity index is 555. The Balaban J connectivity index is 2.46. The lowest BCUT2D eigenvalue weighted by Gasteiger charge is -2.17. The summed E-state index contributed by atoms with van der Waals surface area (Å²) in [4.78, 5) is 0. The summed E-state index contributed by atoms with van der Waals surface area (Å²) < 4.78 is 11.2. The Hall–Kier alpha value is -1.52. The summed E-state index contributed by atoms with van der Waals surface area (Å²) in [5.74, 6) is 1.20. The van der Waals surface area contributed by atoms with Gasteiger partial charge in [0, 0.05) is 5.56 Å². The molecule has 4 heteroatoms. The molecular formula is C15H15BrO3. The fourth-order valence-electron chi connectivity index (χ4n) is 1.93. The van der Waals surface area contributed by atoms with E-state index in [-0.39, 0.29) is 0 Å². The quantitative estimate of drug-likeness (QED) is 0.935. The normalized spacial score (nSPS) is 12.0. The molecule has 100 valence electrons. The lowest BCUT2D eigenvalue weighted by Crippen LogP contribution is -2.02. The molecule has 0 fully saturated rings. The van der Waals surface area contributed by atoms with Crippen LogP contribution in [0.4, 0.5) is 0 Å². The molecule has 3 nitrogen and oxygen atoms in total. The molecule has 0 aliphatic heterocycles. The van der Waals surface area contributed by atoms with Crippen LogP contribution < -0.4 is 9.47 Å². The van der Waals surface area contributed by atoms with Crippen LogP contribution in [0.25, 0.3) is 0 Å². The average molecular weight is 323 g/mol. The van der Waals surface area contributed by atoms with Crippen molar-refractivity contribution in [3.05, 3.63) is 58.1 Å². The number of methoxy groups -OCH3 is 2.